The number of carboxylic acids is 1. The molecule has 1 aliphatic rings. The Kier molecular flexibility index (Phi) is 3.69. The molecule has 0 aromatic carbocycles. The van der Waals surface area contributed by atoms with Gasteiger partial charge in [-0.3, -0.25) is 14.4 Å². The molecule has 0 unspecified atom stereocenters. The number of hydrogen-bond donors (Lipinski definition) is 2. The van der Waals surface area contributed by atoms with E-state index in [1.54, 1.807) is 13.1 Å². The normalized spacial score (nSPS) is 22.2. The first-order chi connectivity index (χ1) is 8.97. The second-order valence-corrected chi connectivity index (χ2v) is 4.88. The molecule has 0 saturated heterocycles. The van der Waals surface area contributed by atoms with Crippen molar-refractivity contribution in [3.8, 4) is 0 Å². The molecule has 0 spiro atoms. The van der Waals surface area contributed by atoms with Gasteiger partial charge in [-0.15, -0.1) is 0 Å². The van der Waals surface area contributed by atoms with Gasteiger partial charge in [0, 0.05) is 30.9 Å². The van der Waals surface area contributed by atoms with E-state index in [-0.39, 0.29) is 23.4 Å². The molecule has 1 aromatic rings. The number of carbonyl (C=O) groups excluding carboxylic acids is 1. The van der Waals surface area contributed by atoms with Crippen LogP contribution < -0.4 is 10.9 Å². The lowest BCUT2D eigenvalue weighted by Crippen LogP contribution is -2.34. The van der Waals surface area contributed by atoms with Crippen molar-refractivity contribution in [3.63, 3.8) is 0 Å². The van der Waals surface area contributed by atoms with Gasteiger partial charge in [-0.05, 0) is 25.3 Å². The van der Waals surface area contributed by atoms with Crippen LogP contribution in [0.4, 0.5) is 0 Å². The number of aryl methyl sites for hydroxylation is 1. The van der Waals surface area contributed by atoms with Crippen LogP contribution in [0.5, 0.6) is 0 Å². The smallest absolute Gasteiger partial charge is 0.306 e. The highest BCUT2D eigenvalue weighted by Gasteiger charge is 2.30. The Morgan fingerprint density at radius 1 is 1.42 bits per heavy atom. The van der Waals surface area contributed by atoms with Crippen LogP contribution >= 0.6 is 0 Å². The summed E-state index contributed by atoms with van der Waals surface area (Å²) in [5, 5.41) is 11.7. The Morgan fingerprint density at radius 3 is 2.74 bits per heavy atom. The van der Waals surface area contributed by atoms with Crippen LogP contribution in [0.2, 0.25) is 0 Å². The lowest BCUT2D eigenvalue weighted by atomic mass is 10.1. The summed E-state index contributed by atoms with van der Waals surface area (Å²) >= 11 is 0. The van der Waals surface area contributed by atoms with E-state index < -0.39 is 5.97 Å². The number of carbonyl (C=O) groups is 2. The number of nitrogens with zero attached hydrogens (tertiary/aromatic N) is 1. The number of aromatic nitrogens is 1. The van der Waals surface area contributed by atoms with E-state index in [9.17, 15) is 14.4 Å². The summed E-state index contributed by atoms with van der Waals surface area (Å²) < 4.78 is 1.38. The molecule has 1 amide bonds. The van der Waals surface area contributed by atoms with Crippen molar-refractivity contribution in [1.29, 1.82) is 0 Å². The summed E-state index contributed by atoms with van der Waals surface area (Å²) in [6, 6.07) is 2.72. The van der Waals surface area contributed by atoms with Crippen molar-refractivity contribution >= 4 is 11.9 Å². The zero-order valence-electron chi connectivity index (χ0n) is 10.6. The van der Waals surface area contributed by atoms with Crippen molar-refractivity contribution in [2.24, 2.45) is 13.0 Å². The van der Waals surface area contributed by atoms with Gasteiger partial charge < -0.3 is 15.0 Å². The maximum absolute atomic E-state index is 11.9. The number of aliphatic carboxylic acids is 1. The predicted molar refractivity (Wildman–Crippen MR) is 67.9 cm³/mol. The molecule has 6 heteroatoms. The summed E-state index contributed by atoms with van der Waals surface area (Å²) in [7, 11) is 1.61. The molecule has 1 aliphatic carbocycles. The van der Waals surface area contributed by atoms with Crippen LogP contribution in [0.1, 0.15) is 29.6 Å². The second-order valence-electron chi connectivity index (χ2n) is 4.88. The number of nitrogens with one attached hydrogen (secondary N) is 1. The number of rotatable bonds is 3. The zero-order valence-corrected chi connectivity index (χ0v) is 10.6. The summed E-state index contributed by atoms with van der Waals surface area (Å²) in [6.07, 6.45) is 3.22. The van der Waals surface area contributed by atoms with Crippen LogP contribution in [-0.2, 0) is 11.8 Å². The summed E-state index contributed by atoms with van der Waals surface area (Å²) in [6.45, 7) is 0. The van der Waals surface area contributed by atoms with Crippen molar-refractivity contribution < 1.29 is 14.7 Å². The topological polar surface area (TPSA) is 88.4 Å². The molecule has 0 aliphatic heterocycles. The van der Waals surface area contributed by atoms with Crippen molar-refractivity contribution in [1.82, 2.24) is 9.88 Å². The molecule has 0 radical (unpaired) electrons. The summed E-state index contributed by atoms with van der Waals surface area (Å²) in [5.41, 5.74) is 0.0596. The Labute approximate surface area is 110 Å². The highest BCUT2D eigenvalue weighted by molar-refractivity contribution is 5.94. The van der Waals surface area contributed by atoms with Gasteiger partial charge in [-0.2, -0.15) is 0 Å². The van der Waals surface area contributed by atoms with E-state index in [0.717, 1.165) is 0 Å². The molecule has 6 nitrogen and oxygen atoms in total. The monoisotopic (exact) mass is 264 g/mol. The number of amides is 1. The van der Waals surface area contributed by atoms with Crippen LogP contribution in [0.15, 0.2) is 23.1 Å². The first-order valence-corrected chi connectivity index (χ1v) is 6.17. The number of carboxylic acid groups (broad SMARTS) is 1. The first-order valence-electron chi connectivity index (χ1n) is 6.17. The third kappa shape index (κ3) is 3.01. The lowest BCUT2D eigenvalue weighted by Gasteiger charge is -2.12. The second kappa shape index (κ2) is 5.26. The van der Waals surface area contributed by atoms with Gasteiger partial charge in [-0.25, -0.2) is 0 Å². The third-order valence-electron chi connectivity index (χ3n) is 3.48. The Bertz CT molecular complexity index is 564. The number of hydrogen-bond acceptors (Lipinski definition) is 3. The quantitative estimate of drug-likeness (QED) is 0.825. The van der Waals surface area contributed by atoms with Crippen molar-refractivity contribution in [2.75, 3.05) is 0 Å². The van der Waals surface area contributed by atoms with Gasteiger partial charge in [0.1, 0.15) is 0 Å². The highest BCUT2D eigenvalue weighted by Crippen LogP contribution is 2.25. The van der Waals surface area contributed by atoms with E-state index in [2.05, 4.69) is 5.32 Å². The minimum Gasteiger partial charge on any atom is -0.481 e. The molecule has 1 heterocycles. The summed E-state index contributed by atoms with van der Waals surface area (Å²) in [4.78, 5) is 34.2. The van der Waals surface area contributed by atoms with Gasteiger partial charge in [0.2, 0.25) is 0 Å². The largest absolute Gasteiger partial charge is 0.481 e. The lowest BCUT2D eigenvalue weighted by molar-refractivity contribution is -0.141. The van der Waals surface area contributed by atoms with E-state index in [1.807, 2.05) is 0 Å². The van der Waals surface area contributed by atoms with Gasteiger partial charge >= 0.3 is 5.97 Å². The fraction of sp³-hybridized carbons (Fsp3) is 0.462. The Hall–Kier alpha value is -2.11. The van der Waals surface area contributed by atoms with Crippen molar-refractivity contribution in [2.45, 2.75) is 25.3 Å². The molecule has 1 aromatic heterocycles. The van der Waals surface area contributed by atoms with Crippen LogP contribution in [-0.4, -0.2) is 27.6 Å². The Balaban J connectivity index is 2.00. The molecule has 1 fully saturated rings. The maximum Gasteiger partial charge on any atom is 0.306 e. The van der Waals surface area contributed by atoms with Gasteiger partial charge in [0.25, 0.3) is 11.5 Å². The highest BCUT2D eigenvalue weighted by atomic mass is 16.4. The predicted octanol–water partition coefficient (Wildman–Crippen LogP) is 0.368. The Morgan fingerprint density at radius 2 is 2.16 bits per heavy atom. The third-order valence-corrected chi connectivity index (χ3v) is 3.48. The molecule has 102 valence electrons. The van der Waals surface area contributed by atoms with Crippen molar-refractivity contribution in [3.05, 3.63) is 34.2 Å². The maximum atomic E-state index is 11.9. The molecule has 1 saturated carbocycles. The number of pyridine rings is 1. The molecule has 19 heavy (non-hydrogen) atoms. The zero-order chi connectivity index (χ0) is 14.0. The minimum absolute atomic E-state index is 0.127. The summed E-state index contributed by atoms with van der Waals surface area (Å²) in [5.74, 6) is -1.52. The minimum atomic E-state index is -0.815. The van der Waals surface area contributed by atoms with E-state index in [4.69, 9.17) is 5.11 Å². The molecular weight excluding hydrogens is 248 g/mol. The van der Waals surface area contributed by atoms with Crippen LogP contribution in [0.3, 0.4) is 0 Å². The molecule has 0 bridgehead atoms. The first kappa shape index (κ1) is 13.3. The average Bonchev–Trinajstić information content (AvgIpc) is 2.81. The van der Waals surface area contributed by atoms with Gasteiger partial charge in [0.15, 0.2) is 0 Å². The average molecular weight is 264 g/mol. The molecule has 2 rings (SSSR count). The van der Waals surface area contributed by atoms with E-state index in [1.165, 1.54) is 16.8 Å². The molecule has 2 atom stereocenters. The standard InChI is InChI=1S/C13H16N2O4/c1-15-5-4-8(7-11(15)16)12(17)14-10-3-2-9(6-10)13(18)19/h4-5,7,9-10H,2-3,6H2,1H3,(H,14,17)(H,18,19)/t9-,10+/m0/s1. The SMILES string of the molecule is Cn1ccc(C(=O)N[C@@H]2CC[C@H](C(=O)O)C2)cc1=O. The van der Waals surface area contributed by atoms with Crippen LogP contribution in [0.25, 0.3) is 0 Å². The van der Waals surface area contributed by atoms with Gasteiger partial charge in [0.05, 0.1) is 5.92 Å². The molecule has 2 N–H and O–H groups in total. The fourth-order valence-corrected chi connectivity index (χ4v) is 2.30. The van der Waals surface area contributed by atoms with Crippen LogP contribution in [0, 0.1) is 5.92 Å². The van der Waals surface area contributed by atoms with Gasteiger partial charge in [-0.1, -0.05) is 0 Å². The fourth-order valence-electron chi connectivity index (χ4n) is 2.30. The van der Waals surface area contributed by atoms with E-state index >= 15 is 0 Å². The molecular formula is C13H16N2O4. The van der Waals surface area contributed by atoms with E-state index in [0.29, 0.717) is 24.8 Å².